The van der Waals surface area contributed by atoms with Gasteiger partial charge in [0.15, 0.2) is 0 Å². The number of nitrogens with zero attached hydrogens (tertiary/aromatic N) is 1. The number of nitrogens with two attached hydrogens (primary N) is 1. The lowest BCUT2D eigenvalue weighted by Crippen LogP contribution is -2.27. The number of carbonyl (C=O) groups is 1. The Labute approximate surface area is 117 Å². The van der Waals surface area contributed by atoms with E-state index in [-0.39, 0.29) is 5.91 Å². The number of ether oxygens (including phenoxy) is 1. The summed E-state index contributed by atoms with van der Waals surface area (Å²) in [5.74, 6) is 0.601. The molecule has 0 bridgehead atoms. The molecule has 0 atom stereocenters. The number of thiazole rings is 1. The number of carbonyl (C=O) groups excluding carboxylic acids is 1. The molecular weight excluding hydrogens is 262 g/mol. The topological polar surface area (TPSA) is 77.2 Å². The highest BCUT2D eigenvalue weighted by molar-refractivity contribution is 7.09. The minimum Gasteiger partial charge on any atom is -0.381 e. The van der Waals surface area contributed by atoms with Crippen LogP contribution in [0.1, 0.15) is 34.8 Å². The van der Waals surface area contributed by atoms with Crippen LogP contribution in [0.5, 0.6) is 0 Å². The third-order valence-corrected chi connectivity index (χ3v) is 4.23. The van der Waals surface area contributed by atoms with Crippen molar-refractivity contribution in [3.05, 3.63) is 16.1 Å². The Hall–Kier alpha value is -0.980. The minimum atomic E-state index is -0.0772. The van der Waals surface area contributed by atoms with Crippen LogP contribution in [-0.2, 0) is 11.2 Å². The van der Waals surface area contributed by atoms with Crippen LogP contribution in [0.15, 0.2) is 5.38 Å². The summed E-state index contributed by atoms with van der Waals surface area (Å²) in [6, 6.07) is 0. The maximum absolute atomic E-state index is 11.9. The molecule has 3 N–H and O–H groups in total. The third kappa shape index (κ3) is 4.56. The summed E-state index contributed by atoms with van der Waals surface area (Å²) in [6.45, 7) is 2.99. The first-order valence-electron chi connectivity index (χ1n) is 6.80. The summed E-state index contributed by atoms with van der Waals surface area (Å²) in [7, 11) is 0. The van der Waals surface area contributed by atoms with Crippen LogP contribution in [0.3, 0.4) is 0 Å². The third-order valence-electron chi connectivity index (χ3n) is 3.32. The van der Waals surface area contributed by atoms with Gasteiger partial charge in [-0.25, -0.2) is 4.98 Å². The van der Waals surface area contributed by atoms with Crippen LogP contribution >= 0.6 is 11.3 Å². The van der Waals surface area contributed by atoms with Gasteiger partial charge in [0.05, 0.1) is 5.01 Å². The van der Waals surface area contributed by atoms with E-state index in [1.165, 1.54) is 11.3 Å². The van der Waals surface area contributed by atoms with Gasteiger partial charge in [-0.3, -0.25) is 4.79 Å². The maximum atomic E-state index is 11.9. The molecular formula is C13H21N3O2S. The van der Waals surface area contributed by atoms with Crippen molar-refractivity contribution < 1.29 is 9.53 Å². The van der Waals surface area contributed by atoms with Crippen molar-refractivity contribution in [3.63, 3.8) is 0 Å². The Morgan fingerprint density at radius 2 is 2.32 bits per heavy atom. The summed E-state index contributed by atoms with van der Waals surface area (Å²) in [4.78, 5) is 16.2. The van der Waals surface area contributed by atoms with Gasteiger partial charge in [-0.2, -0.15) is 0 Å². The fraction of sp³-hybridized carbons (Fsp3) is 0.692. The van der Waals surface area contributed by atoms with Crippen molar-refractivity contribution >= 4 is 17.2 Å². The van der Waals surface area contributed by atoms with Gasteiger partial charge >= 0.3 is 0 Å². The molecule has 1 saturated heterocycles. The molecule has 1 aliphatic rings. The van der Waals surface area contributed by atoms with Crippen LogP contribution < -0.4 is 11.1 Å². The van der Waals surface area contributed by atoms with E-state index in [1.54, 1.807) is 5.38 Å². The Morgan fingerprint density at radius 3 is 3.05 bits per heavy atom. The fourth-order valence-electron chi connectivity index (χ4n) is 2.17. The molecule has 0 saturated carbocycles. The Kier molecular flexibility index (Phi) is 5.75. The lowest BCUT2D eigenvalue weighted by Gasteiger charge is -2.21. The van der Waals surface area contributed by atoms with Crippen LogP contribution in [0.4, 0.5) is 0 Å². The van der Waals surface area contributed by atoms with Crippen molar-refractivity contribution in [2.75, 3.05) is 26.3 Å². The van der Waals surface area contributed by atoms with Gasteiger partial charge in [-0.05, 0) is 31.7 Å². The van der Waals surface area contributed by atoms with Crippen molar-refractivity contribution in [2.24, 2.45) is 11.7 Å². The maximum Gasteiger partial charge on any atom is 0.270 e. The average Bonchev–Trinajstić information content (AvgIpc) is 2.89. The predicted octanol–water partition coefficient (Wildman–Crippen LogP) is 1.19. The lowest BCUT2D eigenvalue weighted by atomic mass is 9.97. The molecule has 1 aromatic rings. The largest absolute Gasteiger partial charge is 0.381 e. The number of rotatable bonds is 6. The van der Waals surface area contributed by atoms with Crippen molar-refractivity contribution in [1.29, 1.82) is 0 Å². The van der Waals surface area contributed by atoms with E-state index in [9.17, 15) is 4.79 Å². The van der Waals surface area contributed by atoms with Crippen LogP contribution in [0.25, 0.3) is 0 Å². The zero-order valence-corrected chi connectivity index (χ0v) is 11.9. The van der Waals surface area contributed by atoms with Gasteiger partial charge in [0.25, 0.3) is 5.91 Å². The molecule has 1 amide bonds. The minimum absolute atomic E-state index is 0.0772. The Bertz CT molecular complexity index is 402. The summed E-state index contributed by atoms with van der Waals surface area (Å²) in [5.41, 5.74) is 5.98. The number of hydrogen-bond donors (Lipinski definition) is 2. The molecule has 0 radical (unpaired) electrons. The molecule has 5 nitrogen and oxygen atoms in total. The first kappa shape index (κ1) is 14.4. The summed E-state index contributed by atoms with van der Waals surface area (Å²) in [6.07, 6.45) is 3.97. The van der Waals surface area contributed by atoms with Gasteiger partial charge in [0.1, 0.15) is 5.69 Å². The highest BCUT2D eigenvalue weighted by Gasteiger charge is 2.15. The molecule has 0 unspecified atom stereocenters. The quantitative estimate of drug-likeness (QED) is 0.822. The zero-order chi connectivity index (χ0) is 13.5. The number of nitrogens with one attached hydrogen (secondary N) is 1. The average molecular weight is 283 g/mol. The first-order chi connectivity index (χ1) is 9.29. The summed E-state index contributed by atoms with van der Waals surface area (Å²) in [5, 5.41) is 5.66. The Balaban J connectivity index is 1.70. The van der Waals surface area contributed by atoms with E-state index < -0.39 is 0 Å². The lowest BCUT2D eigenvalue weighted by molar-refractivity contribution is 0.0636. The van der Waals surface area contributed by atoms with E-state index in [1.807, 2.05) is 0 Å². The number of aromatic nitrogens is 1. The zero-order valence-electron chi connectivity index (χ0n) is 11.1. The molecule has 0 aromatic carbocycles. The molecule has 1 fully saturated rings. The van der Waals surface area contributed by atoms with Gasteiger partial charge in [-0.15, -0.1) is 11.3 Å². The van der Waals surface area contributed by atoms with E-state index in [2.05, 4.69) is 10.3 Å². The monoisotopic (exact) mass is 283 g/mol. The SMILES string of the molecule is NCCc1nc(C(=O)NCCC2CCOCC2)cs1. The van der Waals surface area contributed by atoms with Crippen molar-refractivity contribution in [2.45, 2.75) is 25.7 Å². The molecule has 6 heteroatoms. The van der Waals surface area contributed by atoms with Crippen molar-refractivity contribution in [1.82, 2.24) is 10.3 Å². The van der Waals surface area contributed by atoms with Gasteiger partial charge in [0, 0.05) is 31.6 Å². The number of hydrogen-bond acceptors (Lipinski definition) is 5. The Morgan fingerprint density at radius 1 is 1.53 bits per heavy atom. The number of amides is 1. The second kappa shape index (κ2) is 7.57. The summed E-state index contributed by atoms with van der Waals surface area (Å²) >= 11 is 1.50. The molecule has 0 spiro atoms. The molecule has 1 aliphatic heterocycles. The van der Waals surface area contributed by atoms with Crippen LogP contribution in [0, 0.1) is 5.92 Å². The fourth-order valence-corrected chi connectivity index (χ4v) is 2.96. The van der Waals surface area contributed by atoms with E-state index in [0.717, 1.165) is 43.9 Å². The second-order valence-electron chi connectivity index (χ2n) is 4.77. The standard InChI is InChI=1S/C13H21N3O2S/c14-5-1-12-16-11(9-19-12)13(17)15-6-2-10-3-7-18-8-4-10/h9-10H,1-8,14H2,(H,15,17). The molecule has 2 rings (SSSR count). The summed E-state index contributed by atoms with van der Waals surface area (Å²) < 4.78 is 5.32. The van der Waals surface area contributed by atoms with E-state index in [4.69, 9.17) is 10.5 Å². The highest BCUT2D eigenvalue weighted by Crippen LogP contribution is 2.17. The van der Waals surface area contributed by atoms with E-state index >= 15 is 0 Å². The second-order valence-corrected chi connectivity index (χ2v) is 5.71. The normalized spacial score (nSPS) is 16.5. The molecule has 0 aliphatic carbocycles. The first-order valence-corrected chi connectivity index (χ1v) is 7.68. The van der Waals surface area contributed by atoms with Gasteiger partial charge < -0.3 is 15.8 Å². The smallest absolute Gasteiger partial charge is 0.270 e. The molecule has 1 aromatic heterocycles. The van der Waals surface area contributed by atoms with Crippen LogP contribution in [0.2, 0.25) is 0 Å². The predicted molar refractivity (Wildman–Crippen MR) is 75.4 cm³/mol. The van der Waals surface area contributed by atoms with E-state index in [0.29, 0.717) is 24.7 Å². The molecule has 19 heavy (non-hydrogen) atoms. The van der Waals surface area contributed by atoms with Crippen LogP contribution in [-0.4, -0.2) is 37.2 Å². The van der Waals surface area contributed by atoms with Gasteiger partial charge in [-0.1, -0.05) is 0 Å². The highest BCUT2D eigenvalue weighted by atomic mass is 32.1. The van der Waals surface area contributed by atoms with Gasteiger partial charge in [0.2, 0.25) is 0 Å². The molecule has 2 heterocycles. The van der Waals surface area contributed by atoms with Crippen molar-refractivity contribution in [3.8, 4) is 0 Å². The molecule has 106 valence electrons.